The van der Waals surface area contributed by atoms with Gasteiger partial charge in [0.2, 0.25) is 0 Å². The third-order valence-electron chi connectivity index (χ3n) is 3.64. The normalized spacial score (nSPS) is 11.6. The number of carboxylic acid groups (broad SMARTS) is 2. The van der Waals surface area contributed by atoms with Crippen molar-refractivity contribution in [2.24, 2.45) is 5.41 Å². The first-order chi connectivity index (χ1) is 16.3. The summed E-state index contributed by atoms with van der Waals surface area (Å²) in [4.78, 5) is 40.7. The molecule has 2 unspecified atom stereocenters. The van der Waals surface area contributed by atoms with Crippen LogP contribution in [0.25, 0.3) is 0 Å². The topological polar surface area (TPSA) is 188 Å². The van der Waals surface area contributed by atoms with Crippen molar-refractivity contribution in [2.45, 2.75) is 44.6 Å². The fraction of sp³-hybridized carbons (Fsp3) is 0.789. The molecule has 0 amide bonds. The average Bonchev–Trinajstić information content (AvgIpc) is 2.81. The number of esters is 2. The summed E-state index contributed by atoms with van der Waals surface area (Å²) in [6.07, 6.45) is 0.296. The first-order valence-electron chi connectivity index (χ1n) is 10.1. The summed E-state index contributed by atoms with van der Waals surface area (Å²) < 4.78 is 9.57. The van der Waals surface area contributed by atoms with Crippen molar-refractivity contribution in [3.63, 3.8) is 0 Å². The van der Waals surface area contributed by atoms with Crippen molar-refractivity contribution in [3.8, 4) is 0 Å². The molecule has 5 N–H and O–H groups in total. The van der Waals surface area contributed by atoms with E-state index in [1.54, 1.807) is 6.92 Å². The van der Waals surface area contributed by atoms with Crippen LogP contribution in [-0.4, -0.2) is 104 Å². The van der Waals surface area contributed by atoms with Gasteiger partial charge in [-0.05, 0) is 13.3 Å². The van der Waals surface area contributed by atoms with Gasteiger partial charge in [0.1, 0.15) is 6.10 Å². The van der Waals surface area contributed by atoms with Crippen molar-refractivity contribution in [1.82, 2.24) is 0 Å². The quantitative estimate of drug-likeness (QED) is 0.0813. The molecule has 11 nitrogen and oxygen atoms in total. The van der Waals surface area contributed by atoms with Crippen LogP contribution in [0.4, 0.5) is 0 Å². The van der Waals surface area contributed by atoms with E-state index in [0.29, 0.717) is 17.9 Å². The minimum atomic E-state index is -0.787. The van der Waals surface area contributed by atoms with Crippen molar-refractivity contribution in [3.05, 3.63) is 0 Å². The molecule has 0 aliphatic carbocycles. The lowest BCUT2D eigenvalue weighted by molar-refractivity contribution is -0.156. The van der Waals surface area contributed by atoms with E-state index in [-0.39, 0.29) is 44.2 Å². The molecule has 2 atom stereocenters. The number of carboxylic acids is 2. The van der Waals surface area contributed by atoms with Crippen LogP contribution in [0.1, 0.15) is 33.1 Å². The Morgan fingerprint density at radius 2 is 1.11 bits per heavy atom. The minimum absolute atomic E-state index is 0.0225. The van der Waals surface area contributed by atoms with Gasteiger partial charge < -0.3 is 35.0 Å². The molecule has 35 heavy (non-hydrogen) atoms. The summed E-state index contributed by atoms with van der Waals surface area (Å²) in [5.41, 5.74) is -1.45. The van der Waals surface area contributed by atoms with Gasteiger partial charge in [-0.25, -0.2) is 0 Å². The molecule has 0 saturated heterocycles. The third kappa shape index (κ3) is 29.6. The van der Waals surface area contributed by atoms with Crippen LogP contribution < -0.4 is 0 Å². The molecule has 0 radical (unpaired) electrons. The van der Waals surface area contributed by atoms with Crippen molar-refractivity contribution < 1.29 is 54.2 Å². The Hall–Kier alpha value is -0.490. The zero-order chi connectivity index (χ0) is 28.4. The second-order valence-corrected chi connectivity index (χ2v) is 8.49. The fourth-order valence-corrected chi connectivity index (χ4v) is 1.96. The van der Waals surface area contributed by atoms with E-state index in [2.05, 4.69) is 63.1 Å². The van der Waals surface area contributed by atoms with Gasteiger partial charge in [0.25, 0.3) is 0 Å². The van der Waals surface area contributed by atoms with Crippen LogP contribution in [0.2, 0.25) is 0 Å². The molecule has 0 heterocycles. The summed E-state index contributed by atoms with van der Waals surface area (Å²) in [5.74, 6) is -1.78. The van der Waals surface area contributed by atoms with Gasteiger partial charge in [-0.1, -0.05) is 6.92 Å². The third-order valence-corrected chi connectivity index (χ3v) is 5.13. The van der Waals surface area contributed by atoms with Gasteiger partial charge in [-0.2, -0.15) is 50.5 Å². The van der Waals surface area contributed by atoms with Crippen molar-refractivity contribution in [1.29, 1.82) is 0 Å². The standard InChI is InChI=1S/C7H12O4S3.C6H14O3.2C3H6O2S/c1-4(10-5(8)2-12)7(14)11-6(9)3-13;1-2-6(3-7,4-8)5-9;2*4-3(5)1-2-6/h4,7,12-14H,2-3H2,1H3;7-9H,2-5H2,1H3;2*6H,1-2H2,(H,4,5). The molecular formula is C19H38O11S5. The number of aliphatic carboxylic acids is 2. The average molecular weight is 603 g/mol. The Bertz CT molecular complexity index is 508. The van der Waals surface area contributed by atoms with E-state index >= 15 is 0 Å². The van der Waals surface area contributed by atoms with Crippen LogP contribution in [0.3, 0.4) is 0 Å². The van der Waals surface area contributed by atoms with Gasteiger partial charge >= 0.3 is 23.9 Å². The first-order valence-corrected chi connectivity index (χ1v) is 13.1. The molecule has 0 saturated carbocycles. The second-order valence-electron chi connectivity index (χ2n) is 6.45. The highest BCUT2D eigenvalue weighted by molar-refractivity contribution is 7.81. The van der Waals surface area contributed by atoms with E-state index in [9.17, 15) is 19.2 Å². The second kappa shape index (κ2) is 28.1. The fourth-order valence-electron chi connectivity index (χ4n) is 1.25. The summed E-state index contributed by atoms with van der Waals surface area (Å²) in [5, 5.41) is 41.7. The summed E-state index contributed by atoms with van der Waals surface area (Å²) in [7, 11) is 0. The highest BCUT2D eigenvalue weighted by Crippen LogP contribution is 2.18. The molecule has 0 aliphatic heterocycles. The molecule has 0 aromatic rings. The molecule has 210 valence electrons. The molecule has 0 aliphatic rings. The maximum atomic E-state index is 10.8. The number of hydrogen-bond donors (Lipinski definition) is 10. The lowest BCUT2D eigenvalue weighted by Gasteiger charge is -2.24. The predicted molar refractivity (Wildman–Crippen MR) is 148 cm³/mol. The largest absolute Gasteiger partial charge is 0.481 e. The Labute approximate surface area is 233 Å². The number of aliphatic hydroxyl groups excluding tert-OH is 3. The number of ether oxygens (including phenoxy) is 2. The number of hydrogen-bond acceptors (Lipinski definition) is 14. The van der Waals surface area contributed by atoms with E-state index in [1.807, 2.05) is 6.92 Å². The zero-order valence-corrected chi connectivity index (χ0v) is 24.1. The van der Waals surface area contributed by atoms with Crippen LogP contribution in [0.15, 0.2) is 0 Å². The summed E-state index contributed by atoms with van der Waals surface area (Å²) in [6, 6.07) is 0. The molecule has 0 rings (SSSR count). The van der Waals surface area contributed by atoms with Crippen LogP contribution in [-0.2, 0) is 28.7 Å². The van der Waals surface area contributed by atoms with E-state index < -0.39 is 40.8 Å². The van der Waals surface area contributed by atoms with Crippen LogP contribution in [0, 0.1) is 5.41 Å². The van der Waals surface area contributed by atoms with E-state index in [0.717, 1.165) is 0 Å². The number of carbonyl (C=O) groups excluding carboxylic acids is 2. The number of thiol groups is 5. The van der Waals surface area contributed by atoms with Gasteiger partial charge in [-0.3, -0.25) is 19.2 Å². The number of carbonyl (C=O) groups is 4. The summed E-state index contributed by atoms with van der Waals surface area (Å²) in [6.45, 7) is 2.93. The Kier molecular flexibility index (Phi) is 33.4. The SMILES string of the molecule is CC(OC(=O)CS)C(S)OC(=O)CS.CCC(CO)(CO)CO.O=C(O)CCS.O=C(O)CCS. The first kappa shape index (κ1) is 41.6. The molecule has 0 bridgehead atoms. The zero-order valence-electron chi connectivity index (χ0n) is 19.6. The Morgan fingerprint density at radius 1 is 0.771 bits per heavy atom. The van der Waals surface area contributed by atoms with Gasteiger partial charge in [0.15, 0.2) is 5.44 Å². The smallest absolute Gasteiger partial charge is 0.316 e. The molecular weight excluding hydrogens is 565 g/mol. The van der Waals surface area contributed by atoms with E-state index in [1.165, 1.54) is 0 Å². The van der Waals surface area contributed by atoms with Gasteiger partial charge in [0, 0.05) is 16.9 Å². The number of aliphatic hydroxyl groups is 3. The maximum Gasteiger partial charge on any atom is 0.316 e. The van der Waals surface area contributed by atoms with Gasteiger partial charge in [0.05, 0.1) is 44.2 Å². The van der Waals surface area contributed by atoms with Gasteiger partial charge in [-0.15, -0.1) is 12.6 Å². The Morgan fingerprint density at radius 3 is 1.29 bits per heavy atom. The highest BCUT2D eigenvalue weighted by atomic mass is 32.1. The minimum Gasteiger partial charge on any atom is -0.481 e. The lowest BCUT2D eigenvalue weighted by atomic mass is 9.88. The highest BCUT2D eigenvalue weighted by Gasteiger charge is 2.25. The van der Waals surface area contributed by atoms with E-state index in [4.69, 9.17) is 35.0 Å². The lowest BCUT2D eigenvalue weighted by Crippen LogP contribution is -2.32. The molecule has 0 spiro atoms. The molecule has 0 aromatic heterocycles. The molecule has 16 heteroatoms. The number of rotatable bonds is 13. The molecule has 0 fully saturated rings. The van der Waals surface area contributed by atoms with Crippen molar-refractivity contribution >= 4 is 87.0 Å². The molecule has 0 aromatic carbocycles. The monoisotopic (exact) mass is 602 g/mol. The predicted octanol–water partition coefficient (Wildman–Crippen LogP) is 0.718. The van der Waals surface area contributed by atoms with Crippen molar-refractivity contribution in [2.75, 3.05) is 42.8 Å². The van der Waals surface area contributed by atoms with Crippen LogP contribution >= 0.6 is 63.1 Å². The maximum absolute atomic E-state index is 10.8. The summed E-state index contributed by atoms with van der Waals surface area (Å²) >= 11 is 18.8. The Balaban J connectivity index is -0.000000197. The van der Waals surface area contributed by atoms with Crippen LogP contribution in [0.5, 0.6) is 0 Å².